The fourth-order valence-corrected chi connectivity index (χ4v) is 1.60. The fourth-order valence-electron chi connectivity index (χ4n) is 1.60. The largest absolute Gasteiger partial charge is 0.444 e. The summed E-state index contributed by atoms with van der Waals surface area (Å²) in [5.41, 5.74) is -0.551. The van der Waals surface area contributed by atoms with Crippen molar-refractivity contribution in [3.8, 4) is 0 Å². The summed E-state index contributed by atoms with van der Waals surface area (Å²) < 4.78 is 5.17. The maximum atomic E-state index is 11.7. The van der Waals surface area contributed by atoms with Gasteiger partial charge in [-0.3, -0.25) is 0 Å². The van der Waals surface area contributed by atoms with Crippen molar-refractivity contribution in [2.45, 2.75) is 44.9 Å². The van der Waals surface area contributed by atoms with E-state index in [0.717, 1.165) is 0 Å². The van der Waals surface area contributed by atoms with Crippen molar-refractivity contribution < 1.29 is 19.7 Å². The quantitative estimate of drug-likeness (QED) is 0.665. The third-order valence-electron chi connectivity index (χ3n) is 2.33. The molecule has 15 heavy (non-hydrogen) atoms. The van der Waals surface area contributed by atoms with Gasteiger partial charge >= 0.3 is 6.09 Å². The highest BCUT2D eigenvalue weighted by Crippen LogP contribution is 2.20. The Hall–Kier alpha value is -0.810. The van der Waals surface area contributed by atoms with E-state index in [1.807, 2.05) is 0 Å². The summed E-state index contributed by atoms with van der Waals surface area (Å²) in [4.78, 5) is 13.0. The molecule has 1 amide bonds. The lowest BCUT2D eigenvalue weighted by Gasteiger charge is -2.28. The molecule has 1 aliphatic heterocycles. The van der Waals surface area contributed by atoms with Gasteiger partial charge in [0.15, 0.2) is 0 Å². The lowest BCUT2D eigenvalue weighted by atomic mass is 10.2. The summed E-state index contributed by atoms with van der Waals surface area (Å²) in [7, 11) is 0. The first-order valence-corrected chi connectivity index (χ1v) is 5.13. The average Bonchev–Trinajstić information content (AvgIpc) is 2.43. The van der Waals surface area contributed by atoms with Crippen molar-refractivity contribution in [2.24, 2.45) is 0 Å². The number of ether oxygens (including phenoxy) is 1. The second-order valence-corrected chi connectivity index (χ2v) is 4.78. The minimum atomic E-state index is -0.650. The summed E-state index contributed by atoms with van der Waals surface area (Å²) in [5, 5.41) is 18.5. The minimum absolute atomic E-state index is 0.236. The Bertz CT molecular complexity index is 236. The maximum Gasteiger partial charge on any atom is 0.410 e. The van der Waals surface area contributed by atoms with Gasteiger partial charge in [-0.15, -0.1) is 0 Å². The van der Waals surface area contributed by atoms with Gasteiger partial charge in [-0.05, 0) is 27.2 Å². The molecular formula is C10H19NO4. The van der Waals surface area contributed by atoms with Crippen LogP contribution in [0.1, 0.15) is 27.2 Å². The van der Waals surface area contributed by atoms with Crippen molar-refractivity contribution in [1.82, 2.24) is 4.90 Å². The Morgan fingerprint density at radius 1 is 1.53 bits per heavy atom. The summed E-state index contributed by atoms with van der Waals surface area (Å²) in [6.45, 7) is 5.55. The van der Waals surface area contributed by atoms with E-state index < -0.39 is 23.8 Å². The Labute approximate surface area is 89.6 Å². The molecule has 88 valence electrons. The van der Waals surface area contributed by atoms with E-state index in [4.69, 9.17) is 9.84 Å². The normalized spacial score (nSPS) is 26.9. The summed E-state index contributed by atoms with van der Waals surface area (Å²) >= 11 is 0. The SMILES string of the molecule is CC(C)(C)OC(=O)N1CCC(O)C1CO. The van der Waals surface area contributed by atoms with E-state index in [2.05, 4.69) is 0 Å². The number of amides is 1. The van der Waals surface area contributed by atoms with Crippen LogP contribution in [0, 0.1) is 0 Å². The molecule has 1 rings (SSSR count). The van der Waals surface area contributed by atoms with Gasteiger partial charge in [0.2, 0.25) is 0 Å². The van der Waals surface area contributed by atoms with Crippen molar-refractivity contribution in [3.63, 3.8) is 0 Å². The van der Waals surface area contributed by atoms with Gasteiger partial charge in [0.05, 0.1) is 18.8 Å². The van der Waals surface area contributed by atoms with Crippen molar-refractivity contribution >= 4 is 6.09 Å². The summed E-state index contributed by atoms with van der Waals surface area (Å²) in [6.07, 6.45) is -0.634. The minimum Gasteiger partial charge on any atom is -0.444 e. The number of carbonyl (C=O) groups is 1. The van der Waals surface area contributed by atoms with Crippen LogP contribution in [0.4, 0.5) is 4.79 Å². The molecule has 0 aromatic rings. The maximum absolute atomic E-state index is 11.7. The molecule has 0 aromatic heterocycles. The Morgan fingerprint density at radius 2 is 2.13 bits per heavy atom. The molecule has 5 heteroatoms. The number of aliphatic hydroxyl groups excluding tert-OH is 2. The van der Waals surface area contributed by atoms with E-state index in [9.17, 15) is 9.90 Å². The molecule has 0 aliphatic carbocycles. The first-order chi connectivity index (χ1) is 6.85. The third kappa shape index (κ3) is 3.07. The lowest BCUT2D eigenvalue weighted by Crippen LogP contribution is -2.44. The first kappa shape index (κ1) is 12.3. The van der Waals surface area contributed by atoms with Gasteiger partial charge in [-0.25, -0.2) is 4.79 Å². The number of hydrogen-bond acceptors (Lipinski definition) is 4. The number of likely N-dealkylation sites (tertiary alicyclic amines) is 1. The molecule has 2 unspecified atom stereocenters. The number of nitrogens with zero attached hydrogens (tertiary/aromatic N) is 1. The molecule has 2 atom stereocenters. The molecule has 0 aromatic carbocycles. The number of hydrogen-bond donors (Lipinski definition) is 2. The number of rotatable bonds is 1. The number of aliphatic hydroxyl groups is 2. The van der Waals surface area contributed by atoms with Crippen LogP contribution in [0.15, 0.2) is 0 Å². The van der Waals surface area contributed by atoms with Crippen LogP contribution in [0.3, 0.4) is 0 Å². The highest BCUT2D eigenvalue weighted by molar-refractivity contribution is 5.69. The predicted octanol–water partition coefficient (Wildman–Crippen LogP) is 0.349. The predicted molar refractivity (Wildman–Crippen MR) is 54.4 cm³/mol. The highest BCUT2D eigenvalue weighted by atomic mass is 16.6. The first-order valence-electron chi connectivity index (χ1n) is 5.13. The average molecular weight is 217 g/mol. The molecule has 1 fully saturated rings. The Balaban J connectivity index is 2.60. The topological polar surface area (TPSA) is 70.0 Å². The van der Waals surface area contributed by atoms with E-state index in [1.165, 1.54) is 4.90 Å². The van der Waals surface area contributed by atoms with Crippen molar-refractivity contribution in [2.75, 3.05) is 13.2 Å². The van der Waals surface area contributed by atoms with Gasteiger partial charge in [0.25, 0.3) is 0 Å². The highest BCUT2D eigenvalue weighted by Gasteiger charge is 2.37. The molecule has 0 saturated carbocycles. The van der Waals surface area contributed by atoms with Crippen LogP contribution in [-0.4, -0.2) is 52.1 Å². The van der Waals surface area contributed by atoms with E-state index in [0.29, 0.717) is 13.0 Å². The van der Waals surface area contributed by atoms with Crippen LogP contribution in [0.5, 0.6) is 0 Å². The van der Waals surface area contributed by atoms with E-state index in [-0.39, 0.29) is 6.61 Å². The Kier molecular flexibility index (Phi) is 3.57. The van der Waals surface area contributed by atoms with Crippen molar-refractivity contribution in [1.29, 1.82) is 0 Å². The third-order valence-corrected chi connectivity index (χ3v) is 2.33. The second-order valence-electron chi connectivity index (χ2n) is 4.78. The van der Waals surface area contributed by atoms with Gasteiger partial charge in [0, 0.05) is 6.54 Å². The smallest absolute Gasteiger partial charge is 0.410 e. The van der Waals surface area contributed by atoms with Crippen LogP contribution in [0.25, 0.3) is 0 Å². The van der Waals surface area contributed by atoms with Gasteiger partial charge in [-0.1, -0.05) is 0 Å². The van der Waals surface area contributed by atoms with E-state index in [1.54, 1.807) is 20.8 Å². The zero-order valence-corrected chi connectivity index (χ0v) is 9.43. The summed E-state index contributed by atoms with van der Waals surface area (Å²) in [6, 6.07) is -0.528. The monoisotopic (exact) mass is 217 g/mol. The van der Waals surface area contributed by atoms with Gasteiger partial charge in [0.1, 0.15) is 5.60 Å². The van der Waals surface area contributed by atoms with E-state index >= 15 is 0 Å². The number of carbonyl (C=O) groups excluding carboxylic acids is 1. The second kappa shape index (κ2) is 4.37. The molecule has 0 bridgehead atoms. The van der Waals surface area contributed by atoms with Crippen LogP contribution in [0.2, 0.25) is 0 Å². The molecule has 2 N–H and O–H groups in total. The standard InChI is InChI=1S/C10H19NO4/c1-10(2,3)15-9(14)11-5-4-8(13)7(11)6-12/h7-8,12-13H,4-6H2,1-3H3. The Morgan fingerprint density at radius 3 is 2.60 bits per heavy atom. The lowest BCUT2D eigenvalue weighted by molar-refractivity contribution is 0.00661. The van der Waals surface area contributed by atoms with Gasteiger partial charge < -0.3 is 19.8 Å². The van der Waals surface area contributed by atoms with Gasteiger partial charge in [-0.2, -0.15) is 0 Å². The molecule has 0 radical (unpaired) electrons. The molecule has 1 saturated heterocycles. The molecular weight excluding hydrogens is 198 g/mol. The van der Waals surface area contributed by atoms with Crippen LogP contribution < -0.4 is 0 Å². The summed E-state index contributed by atoms with van der Waals surface area (Å²) in [5.74, 6) is 0. The molecule has 0 spiro atoms. The van der Waals surface area contributed by atoms with Crippen molar-refractivity contribution in [3.05, 3.63) is 0 Å². The molecule has 1 heterocycles. The fraction of sp³-hybridized carbons (Fsp3) is 0.900. The van der Waals surface area contributed by atoms with Crippen LogP contribution >= 0.6 is 0 Å². The zero-order chi connectivity index (χ0) is 11.6. The van der Waals surface area contributed by atoms with Crippen LogP contribution in [-0.2, 0) is 4.74 Å². The zero-order valence-electron chi connectivity index (χ0n) is 9.43. The molecule has 1 aliphatic rings. The molecule has 5 nitrogen and oxygen atoms in total.